The van der Waals surface area contributed by atoms with E-state index >= 15 is 0 Å². The van der Waals surface area contributed by atoms with Gasteiger partial charge >= 0.3 is 18.9 Å². The molecule has 0 rings (SSSR count). The minimum absolute atomic E-state index is 0. The molecule has 0 aliphatic rings. The predicted octanol–water partition coefficient (Wildman–Crippen LogP) is -0.707. The summed E-state index contributed by atoms with van der Waals surface area (Å²) in [7, 11) is 0. The number of unbranched alkanes of at least 4 members (excludes halogenated alkanes) is 2. The summed E-state index contributed by atoms with van der Waals surface area (Å²) in [6.45, 7) is 6.86. The van der Waals surface area contributed by atoms with Gasteiger partial charge in [-0.2, -0.15) is 0 Å². The molecule has 0 heterocycles. The second kappa shape index (κ2) is 12.3. The van der Waals surface area contributed by atoms with Gasteiger partial charge in [-0.25, -0.2) is 0 Å². The molecule has 0 saturated carbocycles. The standard InChI is InChI=1S/C8H19N.Li.H/c1-3-5-7-9-8-6-4-2;;/h9H,3-8H2,1-2H3;;/q;+1;-1. The van der Waals surface area contributed by atoms with Crippen LogP contribution in [0.5, 0.6) is 0 Å². The van der Waals surface area contributed by atoms with E-state index in [-0.39, 0.29) is 20.3 Å². The van der Waals surface area contributed by atoms with Crippen molar-refractivity contribution in [2.45, 2.75) is 39.5 Å². The Hall–Kier alpha value is 0.557. The molecule has 0 amide bonds. The summed E-state index contributed by atoms with van der Waals surface area (Å²) in [6, 6.07) is 0. The summed E-state index contributed by atoms with van der Waals surface area (Å²) in [6.07, 6.45) is 5.26. The molecule has 10 heavy (non-hydrogen) atoms. The van der Waals surface area contributed by atoms with E-state index in [1.165, 1.54) is 38.8 Å². The summed E-state index contributed by atoms with van der Waals surface area (Å²) in [4.78, 5) is 0. The summed E-state index contributed by atoms with van der Waals surface area (Å²) < 4.78 is 0. The smallest absolute Gasteiger partial charge is 1.00 e. The van der Waals surface area contributed by atoms with Gasteiger partial charge < -0.3 is 6.74 Å². The van der Waals surface area contributed by atoms with Gasteiger partial charge in [-0.3, -0.25) is 0 Å². The molecule has 0 unspecified atom stereocenters. The second-order valence-corrected chi connectivity index (χ2v) is 2.46. The first-order chi connectivity index (χ1) is 4.41. The first-order valence-electron chi connectivity index (χ1n) is 4.12. The van der Waals surface area contributed by atoms with Gasteiger partial charge in [0, 0.05) is 0 Å². The summed E-state index contributed by atoms with van der Waals surface area (Å²) in [5, 5.41) is 3.39. The van der Waals surface area contributed by atoms with E-state index < -0.39 is 0 Å². The van der Waals surface area contributed by atoms with Crippen molar-refractivity contribution in [2.75, 3.05) is 13.1 Å². The van der Waals surface area contributed by atoms with Crippen LogP contribution < -0.4 is 24.2 Å². The molecule has 1 N–H and O–H groups in total. The fraction of sp³-hybridized carbons (Fsp3) is 1.00. The average molecular weight is 137 g/mol. The van der Waals surface area contributed by atoms with E-state index in [0.717, 1.165) is 0 Å². The third-order valence-electron chi connectivity index (χ3n) is 1.41. The van der Waals surface area contributed by atoms with Gasteiger partial charge in [0.2, 0.25) is 0 Å². The Bertz CT molecular complexity index is 47.4. The van der Waals surface area contributed by atoms with E-state index in [2.05, 4.69) is 19.2 Å². The van der Waals surface area contributed by atoms with Crippen molar-refractivity contribution in [3.63, 3.8) is 0 Å². The molecule has 58 valence electrons. The van der Waals surface area contributed by atoms with Crippen LogP contribution in [-0.2, 0) is 0 Å². The van der Waals surface area contributed by atoms with Crippen molar-refractivity contribution in [2.24, 2.45) is 0 Å². The van der Waals surface area contributed by atoms with Gasteiger partial charge in [-0.1, -0.05) is 26.7 Å². The van der Waals surface area contributed by atoms with Crippen LogP contribution in [0.15, 0.2) is 0 Å². The van der Waals surface area contributed by atoms with Crippen LogP contribution in [0, 0.1) is 0 Å². The van der Waals surface area contributed by atoms with Crippen molar-refractivity contribution >= 4 is 0 Å². The molecular formula is C8H20LiN. The number of hydrogen-bond acceptors (Lipinski definition) is 1. The third kappa shape index (κ3) is 11.4. The zero-order chi connectivity index (χ0) is 6.95. The van der Waals surface area contributed by atoms with Crippen molar-refractivity contribution in [3.8, 4) is 0 Å². The molecule has 1 nitrogen and oxygen atoms in total. The molecule has 0 radical (unpaired) electrons. The van der Waals surface area contributed by atoms with Crippen molar-refractivity contribution in [1.82, 2.24) is 5.32 Å². The Labute approximate surface area is 78.6 Å². The van der Waals surface area contributed by atoms with Crippen LogP contribution in [-0.4, -0.2) is 13.1 Å². The Morgan fingerprint density at radius 3 is 1.70 bits per heavy atom. The van der Waals surface area contributed by atoms with Gasteiger partial charge in [0.15, 0.2) is 0 Å². The SMILES string of the molecule is CCCCNCCCC.[H-].[Li+]. The van der Waals surface area contributed by atoms with E-state index in [1.807, 2.05) is 0 Å². The maximum Gasteiger partial charge on any atom is 1.00 e. The topological polar surface area (TPSA) is 12.0 Å². The van der Waals surface area contributed by atoms with Gasteiger partial charge in [0.25, 0.3) is 0 Å². The predicted molar refractivity (Wildman–Crippen MR) is 43.8 cm³/mol. The molecule has 0 aromatic rings. The largest absolute Gasteiger partial charge is 1.00 e. The van der Waals surface area contributed by atoms with Gasteiger partial charge in [-0.15, -0.1) is 0 Å². The van der Waals surface area contributed by atoms with Crippen LogP contribution in [0.2, 0.25) is 0 Å². The van der Waals surface area contributed by atoms with Crippen LogP contribution in [0.1, 0.15) is 41.0 Å². The van der Waals surface area contributed by atoms with Gasteiger partial charge in [-0.05, 0) is 25.9 Å². The molecular weight excluding hydrogens is 117 g/mol. The Morgan fingerprint density at radius 2 is 1.40 bits per heavy atom. The van der Waals surface area contributed by atoms with E-state index in [1.54, 1.807) is 0 Å². The summed E-state index contributed by atoms with van der Waals surface area (Å²) >= 11 is 0. The van der Waals surface area contributed by atoms with Crippen molar-refractivity contribution < 1.29 is 20.3 Å². The number of nitrogens with one attached hydrogen (secondary N) is 1. The Balaban J connectivity index is -0.000000320. The first-order valence-corrected chi connectivity index (χ1v) is 4.12. The van der Waals surface area contributed by atoms with Crippen LogP contribution in [0.3, 0.4) is 0 Å². The van der Waals surface area contributed by atoms with Gasteiger partial charge in [0.05, 0.1) is 0 Å². The minimum Gasteiger partial charge on any atom is -1.00 e. The Morgan fingerprint density at radius 1 is 1.00 bits per heavy atom. The maximum atomic E-state index is 3.39. The van der Waals surface area contributed by atoms with E-state index in [9.17, 15) is 0 Å². The second-order valence-electron chi connectivity index (χ2n) is 2.46. The molecule has 0 spiro atoms. The molecule has 0 aliphatic carbocycles. The molecule has 2 heteroatoms. The monoisotopic (exact) mass is 137 g/mol. The summed E-state index contributed by atoms with van der Waals surface area (Å²) in [5.41, 5.74) is 0. The molecule has 0 fully saturated rings. The molecule has 0 aromatic carbocycles. The first kappa shape index (κ1) is 13.2. The van der Waals surface area contributed by atoms with Crippen molar-refractivity contribution in [3.05, 3.63) is 0 Å². The minimum atomic E-state index is 0. The zero-order valence-electron chi connectivity index (χ0n) is 8.74. The van der Waals surface area contributed by atoms with Crippen LogP contribution in [0.4, 0.5) is 0 Å². The Kier molecular flexibility index (Phi) is 16.1. The number of rotatable bonds is 6. The summed E-state index contributed by atoms with van der Waals surface area (Å²) in [5.74, 6) is 0. The third-order valence-corrected chi connectivity index (χ3v) is 1.41. The fourth-order valence-electron chi connectivity index (χ4n) is 0.729. The average Bonchev–Trinajstić information content (AvgIpc) is 1.89. The molecule has 0 aliphatic heterocycles. The van der Waals surface area contributed by atoms with E-state index in [0.29, 0.717) is 0 Å². The quantitative estimate of drug-likeness (QED) is 0.377. The van der Waals surface area contributed by atoms with E-state index in [4.69, 9.17) is 0 Å². The van der Waals surface area contributed by atoms with Crippen LogP contribution >= 0.6 is 0 Å². The maximum absolute atomic E-state index is 3.39. The molecule has 0 aromatic heterocycles. The van der Waals surface area contributed by atoms with Crippen molar-refractivity contribution in [1.29, 1.82) is 0 Å². The zero-order valence-corrected chi connectivity index (χ0v) is 7.74. The molecule has 0 saturated heterocycles. The molecule has 0 bridgehead atoms. The number of hydrogen-bond donors (Lipinski definition) is 1. The fourth-order valence-corrected chi connectivity index (χ4v) is 0.729. The molecule has 0 atom stereocenters. The van der Waals surface area contributed by atoms with Crippen LogP contribution in [0.25, 0.3) is 0 Å². The normalized spacial score (nSPS) is 9.00. The van der Waals surface area contributed by atoms with Gasteiger partial charge in [0.1, 0.15) is 0 Å².